The van der Waals surface area contributed by atoms with Crippen LogP contribution >= 0.6 is 0 Å². The Hall–Kier alpha value is -0.860. The first-order valence-electron chi connectivity index (χ1n) is 5.62. The molecule has 0 atom stereocenters. The number of aryl methyl sites for hydroxylation is 1. The molecule has 0 spiro atoms. The minimum atomic E-state index is 0.241. The van der Waals surface area contributed by atoms with E-state index in [-0.39, 0.29) is 6.61 Å². The minimum Gasteiger partial charge on any atom is -0.396 e. The number of hydrogen-bond acceptors (Lipinski definition) is 2. The predicted octanol–water partition coefficient (Wildman–Crippen LogP) is 2.15. The van der Waals surface area contributed by atoms with E-state index >= 15 is 0 Å². The minimum absolute atomic E-state index is 0.241. The molecule has 15 heavy (non-hydrogen) atoms. The predicted molar refractivity (Wildman–Crippen MR) is 66.2 cm³/mol. The van der Waals surface area contributed by atoms with Gasteiger partial charge in [-0.25, -0.2) is 0 Å². The highest BCUT2D eigenvalue weighted by molar-refractivity contribution is 5.25. The Kier molecular flexibility index (Phi) is 9.13. The lowest BCUT2D eigenvalue weighted by Crippen LogP contribution is -2.09. The third-order valence-corrected chi connectivity index (χ3v) is 2.14. The third-order valence-electron chi connectivity index (χ3n) is 2.14. The van der Waals surface area contributed by atoms with Gasteiger partial charge in [-0.05, 0) is 37.6 Å². The number of nitrogens with one attached hydrogen (secondary N) is 1. The summed E-state index contributed by atoms with van der Waals surface area (Å²) in [4.78, 5) is 0. The highest BCUT2D eigenvalue weighted by Gasteiger charge is 1.93. The molecule has 0 bridgehead atoms. The van der Waals surface area contributed by atoms with Crippen LogP contribution in [-0.4, -0.2) is 24.8 Å². The van der Waals surface area contributed by atoms with Crippen molar-refractivity contribution < 1.29 is 5.11 Å². The molecule has 2 nitrogen and oxygen atoms in total. The third kappa shape index (κ3) is 7.11. The monoisotopic (exact) mass is 209 g/mol. The fraction of sp³-hybridized carbons (Fsp3) is 0.538. The van der Waals surface area contributed by atoms with Crippen LogP contribution in [0.3, 0.4) is 0 Å². The van der Waals surface area contributed by atoms with Gasteiger partial charge in [0, 0.05) is 6.61 Å². The van der Waals surface area contributed by atoms with Crippen molar-refractivity contribution >= 4 is 0 Å². The normalized spacial score (nSPS) is 9.33. The Bertz CT molecular complexity index is 246. The largest absolute Gasteiger partial charge is 0.396 e. The molecule has 0 aliphatic carbocycles. The molecule has 0 fully saturated rings. The summed E-state index contributed by atoms with van der Waals surface area (Å²) >= 11 is 0. The molecule has 0 radical (unpaired) electrons. The summed E-state index contributed by atoms with van der Waals surface area (Å²) in [6.45, 7) is 8.69. The van der Waals surface area contributed by atoms with Crippen molar-refractivity contribution in [3.05, 3.63) is 35.4 Å². The van der Waals surface area contributed by atoms with Gasteiger partial charge in [-0.2, -0.15) is 0 Å². The molecule has 2 N–H and O–H groups in total. The second-order valence-electron chi connectivity index (χ2n) is 3.36. The Labute approximate surface area is 93.3 Å². The molecular formula is C13H23NO. The van der Waals surface area contributed by atoms with E-state index in [9.17, 15) is 0 Å². The fourth-order valence-electron chi connectivity index (χ4n) is 1.26. The van der Waals surface area contributed by atoms with Gasteiger partial charge in [-0.1, -0.05) is 38.1 Å². The molecule has 0 heterocycles. The first-order valence-corrected chi connectivity index (χ1v) is 5.62. The highest BCUT2D eigenvalue weighted by atomic mass is 16.2. The van der Waals surface area contributed by atoms with Crippen molar-refractivity contribution in [2.75, 3.05) is 19.7 Å². The summed E-state index contributed by atoms with van der Waals surface area (Å²) in [5.74, 6) is 0. The average Bonchev–Trinajstić information content (AvgIpc) is 2.24. The molecule has 2 heteroatoms. The van der Waals surface area contributed by atoms with E-state index in [1.165, 1.54) is 11.1 Å². The molecule has 0 unspecified atom stereocenters. The lowest BCUT2D eigenvalue weighted by molar-refractivity contribution is 0.299. The van der Waals surface area contributed by atoms with Gasteiger partial charge in [0.2, 0.25) is 0 Å². The van der Waals surface area contributed by atoms with Gasteiger partial charge in [0.1, 0.15) is 0 Å². The summed E-state index contributed by atoms with van der Waals surface area (Å²) in [5.41, 5.74) is 2.50. The second-order valence-corrected chi connectivity index (χ2v) is 3.36. The topological polar surface area (TPSA) is 32.3 Å². The number of hydrogen-bond donors (Lipinski definition) is 2. The van der Waals surface area contributed by atoms with Crippen LogP contribution in [0.2, 0.25) is 0 Å². The van der Waals surface area contributed by atoms with Crippen molar-refractivity contribution in [1.82, 2.24) is 5.32 Å². The van der Waals surface area contributed by atoms with E-state index in [4.69, 9.17) is 5.11 Å². The van der Waals surface area contributed by atoms with Crippen molar-refractivity contribution in [1.29, 1.82) is 0 Å². The molecule has 0 aliphatic heterocycles. The number of aliphatic hydroxyl groups excluding tert-OH is 1. The number of rotatable bonds is 4. The Morgan fingerprint density at radius 3 is 2.13 bits per heavy atom. The van der Waals surface area contributed by atoms with E-state index < -0.39 is 0 Å². The first kappa shape index (κ1) is 14.1. The van der Waals surface area contributed by atoms with E-state index in [2.05, 4.69) is 32.2 Å². The van der Waals surface area contributed by atoms with Gasteiger partial charge in [0.15, 0.2) is 0 Å². The summed E-state index contributed by atoms with van der Waals surface area (Å²) < 4.78 is 0. The van der Waals surface area contributed by atoms with Gasteiger partial charge >= 0.3 is 0 Å². The molecule has 0 aliphatic rings. The standard InChI is InChI=1S/C9H12O.C4H11N/c1-8-4-2-3-5-9(8)6-7-10;1-3-5-4-2/h2-5,10H,6-7H2,1H3;5H,3-4H2,1-2H3. The summed E-state index contributed by atoms with van der Waals surface area (Å²) in [7, 11) is 0. The number of aliphatic hydroxyl groups is 1. The van der Waals surface area contributed by atoms with Gasteiger partial charge in [0.05, 0.1) is 0 Å². The zero-order valence-corrected chi connectivity index (χ0v) is 10.1. The Morgan fingerprint density at radius 1 is 1.13 bits per heavy atom. The zero-order chi connectivity index (χ0) is 11.5. The lowest BCUT2D eigenvalue weighted by Gasteiger charge is -2.00. The van der Waals surface area contributed by atoms with Gasteiger partial charge in [-0.3, -0.25) is 0 Å². The van der Waals surface area contributed by atoms with Gasteiger partial charge in [-0.15, -0.1) is 0 Å². The van der Waals surface area contributed by atoms with Crippen LogP contribution in [0.1, 0.15) is 25.0 Å². The molecule has 1 aromatic rings. The molecule has 0 aromatic heterocycles. The highest BCUT2D eigenvalue weighted by Crippen LogP contribution is 2.06. The molecule has 1 aromatic carbocycles. The van der Waals surface area contributed by atoms with Crippen LogP contribution in [0.4, 0.5) is 0 Å². The number of benzene rings is 1. The molecule has 0 amide bonds. The molecule has 1 rings (SSSR count). The van der Waals surface area contributed by atoms with Crippen molar-refractivity contribution in [2.45, 2.75) is 27.2 Å². The van der Waals surface area contributed by atoms with Gasteiger partial charge in [0.25, 0.3) is 0 Å². The fourth-order valence-corrected chi connectivity index (χ4v) is 1.26. The van der Waals surface area contributed by atoms with E-state index in [1.807, 2.05) is 18.2 Å². The molecular weight excluding hydrogens is 186 g/mol. The first-order chi connectivity index (χ1) is 7.26. The van der Waals surface area contributed by atoms with Gasteiger partial charge < -0.3 is 10.4 Å². The van der Waals surface area contributed by atoms with E-state index in [0.717, 1.165) is 19.5 Å². The summed E-state index contributed by atoms with van der Waals surface area (Å²) in [6.07, 6.45) is 0.771. The molecule has 0 saturated carbocycles. The van der Waals surface area contributed by atoms with Crippen molar-refractivity contribution in [3.8, 4) is 0 Å². The zero-order valence-electron chi connectivity index (χ0n) is 10.1. The quantitative estimate of drug-likeness (QED) is 0.796. The smallest absolute Gasteiger partial charge is 0.0471 e. The Morgan fingerprint density at radius 2 is 1.73 bits per heavy atom. The SMILES string of the molecule is CCNCC.Cc1ccccc1CCO. The summed E-state index contributed by atoms with van der Waals surface area (Å²) in [6, 6.07) is 8.12. The maximum atomic E-state index is 8.64. The van der Waals surface area contributed by atoms with Crippen LogP contribution in [-0.2, 0) is 6.42 Å². The molecule has 86 valence electrons. The lowest BCUT2D eigenvalue weighted by atomic mass is 10.1. The molecule has 0 saturated heterocycles. The van der Waals surface area contributed by atoms with Crippen molar-refractivity contribution in [2.24, 2.45) is 0 Å². The maximum absolute atomic E-state index is 8.64. The van der Waals surface area contributed by atoms with Crippen LogP contribution < -0.4 is 5.32 Å². The van der Waals surface area contributed by atoms with E-state index in [0.29, 0.717) is 0 Å². The van der Waals surface area contributed by atoms with Crippen LogP contribution in [0.15, 0.2) is 24.3 Å². The van der Waals surface area contributed by atoms with Crippen molar-refractivity contribution in [3.63, 3.8) is 0 Å². The maximum Gasteiger partial charge on any atom is 0.0471 e. The summed E-state index contributed by atoms with van der Waals surface area (Å²) in [5, 5.41) is 11.8. The van der Waals surface area contributed by atoms with Crippen LogP contribution in [0.5, 0.6) is 0 Å². The van der Waals surface area contributed by atoms with Crippen LogP contribution in [0.25, 0.3) is 0 Å². The Balaban J connectivity index is 0.000000336. The second kappa shape index (κ2) is 9.69. The van der Waals surface area contributed by atoms with Crippen LogP contribution in [0, 0.1) is 6.92 Å². The average molecular weight is 209 g/mol. The van der Waals surface area contributed by atoms with E-state index in [1.54, 1.807) is 0 Å².